The Hall–Kier alpha value is -3.66. The van der Waals surface area contributed by atoms with E-state index in [0.29, 0.717) is 22.3 Å². The quantitative estimate of drug-likeness (QED) is 0.456. The normalized spacial score (nSPS) is 16.1. The molecule has 10 heteroatoms. The van der Waals surface area contributed by atoms with Crippen LogP contribution in [0.15, 0.2) is 36.9 Å². The van der Waals surface area contributed by atoms with Gasteiger partial charge in [-0.05, 0) is 48.7 Å². The number of carbonyl (C=O) groups is 1. The molecule has 1 aliphatic heterocycles. The monoisotopic (exact) mass is 420 g/mol. The molecular formula is C21H21FN8O. The number of imidazole rings is 1. The van der Waals surface area contributed by atoms with E-state index in [1.807, 2.05) is 12.3 Å². The van der Waals surface area contributed by atoms with Crippen LogP contribution in [0.1, 0.15) is 40.8 Å². The van der Waals surface area contributed by atoms with Crippen LogP contribution in [0.2, 0.25) is 0 Å². The molecule has 1 fully saturated rings. The predicted octanol–water partition coefficient (Wildman–Crippen LogP) is 2.25. The van der Waals surface area contributed by atoms with Gasteiger partial charge in [0.1, 0.15) is 23.5 Å². The Labute approximate surface area is 177 Å². The average molecular weight is 420 g/mol. The third-order valence-electron chi connectivity index (χ3n) is 5.36. The molecule has 0 saturated carbocycles. The van der Waals surface area contributed by atoms with E-state index in [1.165, 1.54) is 18.5 Å². The van der Waals surface area contributed by atoms with E-state index in [0.717, 1.165) is 30.8 Å². The summed E-state index contributed by atoms with van der Waals surface area (Å²) in [5.74, 6) is -0.000218. The van der Waals surface area contributed by atoms with Gasteiger partial charge in [0.25, 0.3) is 5.91 Å². The van der Waals surface area contributed by atoms with Crippen LogP contribution in [0.5, 0.6) is 0 Å². The summed E-state index contributed by atoms with van der Waals surface area (Å²) < 4.78 is 15.8. The van der Waals surface area contributed by atoms with Crippen LogP contribution in [0.3, 0.4) is 0 Å². The van der Waals surface area contributed by atoms with Crippen molar-refractivity contribution in [3.05, 3.63) is 59.8 Å². The second-order valence-corrected chi connectivity index (χ2v) is 7.63. The summed E-state index contributed by atoms with van der Waals surface area (Å²) in [5.41, 5.74) is 3.30. The molecule has 0 unspecified atom stereocenters. The van der Waals surface area contributed by atoms with Crippen molar-refractivity contribution in [3.63, 3.8) is 0 Å². The van der Waals surface area contributed by atoms with Gasteiger partial charge >= 0.3 is 0 Å². The fourth-order valence-electron chi connectivity index (χ4n) is 3.86. The SMILES string of the molecule is Cn1cc(-c2cc(F)cc(CNC(=O)c3ncnc4nc([C@@H]5CCCN5)[nH]c34)c2)cn1. The summed E-state index contributed by atoms with van der Waals surface area (Å²) >= 11 is 0. The minimum atomic E-state index is -0.380. The van der Waals surface area contributed by atoms with Crippen molar-refractivity contribution in [2.75, 3.05) is 6.54 Å². The number of amides is 1. The highest BCUT2D eigenvalue weighted by molar-refractivity contribution is 6.02. The van der Waals surface area contributed by atoms with E-state index in [1.54, 1.807) is 17.9 Å². The van der Waals surface area contributed by atoms with Crippen LogP contribution in [0.4, 0.5) is 4.39 Å². The van der Waals surface area contributed by atoms with Crippen molar-refractivity contribution < 1.29 is 9.18 Å². The third kappa shape index (κ3) is 3.89. The first-order valence-corrected chi connectivity index (χ1v) is 10.1. The number of benzene rings is 1. The van der Waals surface area contributed by atoms with E-state index >= 15 is 0 Å². The summed E-state index contributed by atoms with van der Waals surface area (Å²) in [5, 5.41) is 10.3. The first-order chi connectivity index (χ1) is 15.1. The smallest absolute Gasteiger partial charge is 0.272 e. The number of carbonyl (C=O) groups excluding carboxylic acids is 1. The van der Waals surface area contributed by atoms with Crippen LogP contribution in [0, 0.1) is 5.82 Å². The van der Waals surface area contributed by atoms with Crippen LogP contribution in [0.25, 0.3) is 22.3 Å². The minimum absolute atomic E-state index is 0.128. The van der Waals surface area contributed by atoms with E-state index in [2.05, 4.69) is 35.7 Å². The van der Waals surface area contributed by atoms with E-state index in [9.17, 15) is 9.18 Å². The molecule has 4 heterocycles. The Morgan fingerprint density at radius 2 is 2.19 bits per heavy atom. The van der Waals surface area contributed by atoms with Gasteiger partial charge in [0.2, 0.25) is 0 Å². The van der Waals surface area contributed by atoms with Gasteiger partial charge in [-0.3, -0.25) is 9.48 Å². The van der Waals surface area contributed by atoms with E-state index in [4.69, 9.17) is 0 Å². The van der Waals surface area contributed by atoms with E-state index < -0.39 is 0 Å². The maximum atomic E-state index is 14.1. The van der Waals surface area contributed by atoms with Crippen LogP contribution < -0.4 is 10.6 Å². The Morgan fingerprint density at radius 3 is 2.97 bits per heavy atom. The molecule has 0 aliphatic carbocycles. The molecule has 4 aromatic rings. The molecular weight excluding hydrogens is 399 g/mol. The van der Waals surface area contributed by atoms with Gasteiger partial charge in [0.15, 0.2) is 11.3 Å². The number of hydrogen-bond acceptors (Lipinski definition) is 6. The number of aromatic nitrogens is 6. The highest BCUT2D eigenvalue weighted by Crippen LogP contribution is 2.24. The standard InChI is InChI=1S/C21H21FN8O/c1-30-10-14(9-27-30)13-5-12(6-15(22)7-13)8-24-21(31)18-17-20(26-11-25-18)29-19(28-17)16-3-2-4-23-16/h5-7,9-11,16,23H,2-4,8H2,1H3,(H,24,31)(H,25,26,28,29)/t16-/m0/s1. The Morgan fingerprint density at radius 1 is 1.29 bits per heavy atom. The second-order valence-electron chi connectivity index (χ2n) is 7.63. The lowest BCUT2D eigenvalue weighted by atomic mass is 10.1. The maximum absolute atomic E-state index is 14.1. The number of rotatable bonds is 5. The second kappa shape index (κ2) is 7.88. The molecule has 0 spiro atoms. The van der Waals surface area contributed by atoms with Gasteiger partial charge < -0.3 is 15.6 Å². The van der Waals surface area contributed by atoms with Gasteiger partial charge in [-0.1, -0.05) is 0 Å². The number of nitrogens with zero attached hydrogens (tertiary/aromatic N) is 5. The average Bonchev–Trinajstić information content (AvgIpc) is 3.51. The van der Waals surface area contributed by atoms with Gasteiger partial charge in [0, 0.05) is 25.4 Å². The summed E-state index contributed by atoms with van der Waals surface area (Å²) in [6, 6.07) is 4.80. The van der Waals surface area contributed by atoms with Crippen molar-refractivity contribution in [2.45, 2.75) is 25.4 Å². The molecule has 0 radical (unpaired) electrons. The zero-order valence-electron chi connectivity index (χ0n) is 16.9. The molecule has 1 aliphatic rings. The van der Waals surface area contributed by atoms with Gasteiger partial charge in [-0.25, -0.2) is 19.3 Å². The zero-order chi connectivity index (χ0) is 21.4. The summed E-state index contributed by atoms with van der Waals surface area (Å²) in [4.78, 5) is 28.9. The lowest BCUT2D eigenvalue weighted by molar-refractivity contribution is 0.0947. The van der Waals surface area contributed by atoms with Crippen LogP contribution >= 0.6 is 0 Å². The first kappa shape index (κ1) is 19.3. The molecule has 3 aromatic heterocycles. The highest BCUT2D eigenvalue weighted by Gasteiger charge is 2.22. The summed E-state index contributed by atoms with van der Waals surface area (Å²) in [6.07, 6.45) is 6.86. The number of aromatic amines is 1. The van der Waals surface area contributed by atoms with Gasteiger partial charge in [-0.2, -0.15) is 5.10 Å². The van der Waals surface area contributed by atoms with Crippen molar-refractivity contribution >= 4 is 17.1 Å². The Balaban J connectivity index is 1.36. The largest absolute Gasteiger partial charge is 0.347 e. The van der Waals surface area contributed by atoms with Crippen molar-refractivity contribution in [1.82, 2.24) is 40.3 Å². The number of H-pyrrole nitrogens is 1. The van der Waals surface area contributed by atoms with Crippen LogP contribution in [-0.2, 0) is 13.6 Å². The summed E-state index contributed by atoms with van der Waals surface area (Å²) in [7, 11) is 1.80. The first-order valence-electron chi connectivity index (χ1n) is 10.1. The maximum Gasteiger partial charge on any atom is 0.272 e. The summed E-state index contributed by atoms with van der Waals surface area (Å²) in [6.45, 7) is 1.09. The molecule has 9 nitrogen and oxygen atoms in total. The lowest BCUT2D eigenvalue weighted by Crippen LogP contribution is -2.24. The predicted molar refractivity (Wildman–Crippen MR) is 111 cm³/mol. The zero-order valence-corrected chi connectivity index (χ0v) is 16.9. The molecule has 31 heavy (non-hydrogen) atoms. The molecule has 1 saturated heterocycles. The molecule has 3 N–H and O–H groups in total. The lowest BCUT2D eigenvalue weighted by Gasteiger charge is -2.08. The minimum Gasteiger partial charge on any atom is -0.347 e. The highest BCUT2D eigenvalue weighted by atomic mass is 19.1. The fourth-order valence-corrected chi connectivity index (χ4v) is 3.86. The number of hydrogen-bond donors (Lipinski definition) is 3. The molecule has 1 atom stereocenters. The molecule has 1 amide bonds. The molecule has 5 rings (SSSR count). The Bertz CT molecular complexity index is 1260. The number of nitrogens with one attached hydrogen (secondary N) is 3. The van der Waals surface area contributed by atoms with Gasteiger partial charge in [0.05, 0.1) is 12.2 Å². The van der Waals surface area contributed by atoms with Crippen molar-refractivity contribution in [1.29, 1.82) is 0 Å². The molecule has 158 valence electrons. The third-order valence-corrected chi connectivity index (χ3v) is 5.36. The number of halogens is 1. The van der Waals surface area contributed by atoms with Crippen LogP contribution in [-0.4, -0.2) is 42.2 Å². The Kier molecular flexibility index (Phi) is 4.91. The van der Waals surface area contributed by atoms with Gasteiger partial charge in [-0.15, -0.1) is 0 Å². The molecule has 0 bridgehead atoms. The number of aryl methyl sites for hydroxylation is 1. The van der Waals surface area contributed by atoms with E-state index in [-0.39, 0.29) is 30.0 Å². The number of fused-ring (bicyclic) bond motifs is 1. The fraction of sp³-hybridized carbons (Fsp3) is 0.286. The topological polar surface area (TPSA) is 113 Å². The molecule has 1 aromatic carbocycles. The van der Waals surface area contributed by atoms with Crippen molar-refractivity contribution in [2.24, 2.45) is 7.05 Å². The van der Waals surface area contributed by atoms with Crippen molar-refractivity contribution in [3.8, 4) is 11.1 Å².